The van der Waals surface area contributed by atoms with Gasteiger partial charge in [-0.2, -0.15) is 0 Å². The van der Waals surface area contributed by atoms with E-state index in [1.807, 2.05) is 41.0 Å². The monoisotopic (exact) mass is 235 g/mol. The van der Waals surface area contributed by atoms with Gasteiger partial charge in [0.1, 0.15) is 12.6 Å². The van der Waals surface area contributed by atoms with Crippen LogP contribution in [0.4, 0.5) is 0 Å². The van der Waals surface area contributed by atoms with Gasteiger partial charge >= 0.3 is 0 Å². The highest BCUT2D eigenvalue weighted by Gasteiger charge is 2.29. The largest absolute Gasteiger partial charge is 0.383 e. The number of likely N-dealkylation sites (tertiary alicyclic amines) is 1. The average molecular weight is 235 g/mol. The minimum Gasteiger partial charge on any atom is -0.383 e. The van der Waals surface area contributed by atoms with Crippen LogP contribution in [0.5, 0.6) is 0 Å². The quantitative estimate of drug-likeness (QED) is 0.725. The Morgan fingerprint density at radius 3 is 3.18 bits per heavy atom. The second kappa shape index (κ2) is 5.27. The third-order valence-electron chi connectivity index (χ3n) is 3.18. The van der Waals surface area contributed by atoms with Gasteiger partial charge in [0.25, 0.3) is 5.91 Å². The molecule has 92 valence electrons. The van der Waals surface area contributed by atoms with Crippen LogP contribution in [-0.2, 0) is 11.8 Å². The molecule has 0 bridgehead atoms. The SMILES string of the molecule is COCC1CCCN1C(=O)c1ccc[n+](C)c1. The lowest BCUT2D eigenvalue weighted by atomic mass is 10.2. The van der Waals surface area contributed by atoms with Crippen molar-refractivity contribution < 1.29 is 14.1 Å². The van der Waals surface area contributed by atoms with E-state index in [-0.39, 0.29) is 11.9 Å². The molecule has 1 unspecified atom stereocenters. The van der Waals surface area contributed by atoms with Crippen LogP contribution in [0.1, 0.15) is 23.2 Å². The molecule has 1 aliphatic heterocycles. The van der Waals surface area contributed by atoms with Crippen LogP contribution in [-0.4, -0.2) is 37.1 Å². The molecule has 1 aliphatic rings. The van der Waals surface area contributed by atoms with Crippen molar-refractivity contribution in [2.45, 2.75) is 18.9 Å². The first kappa shape index (κ1) is 12.0. The molecule has 4 heteroatoms. The Kier molecular flexibility index (Phi) is 3.74. The number of ether oxygens (including phenoxy) is 1. The van der Waals surface area contributed by atoms with Crippen LogP contribution in [0, 0.1) is 0 Å². The third-order valence-corrected chi connectivity index (χ3v) is 3.18. The minimum absolute atomic E-state index is 0.112. The molecule has 4 nitrogen and oxygen atoms in total. The van der Waals surface area contributed by atoms with E-state index < -0.39 is 0 Å². The summed E-state index contributed by atoms with van der Waals surface area (Å²) in [7, 11) is 3.61. The standard InChI is InChI=1S/C13H19N2O2/c1-14-7-3-5-11(9-14)13(16)15-8-4-6-12(15)10-17-2/h3,5,7,9,12H,4,6,8,10H2,1-2H3/q+1. The number of rotatable bonds is 3. The fraction of sp³-hybridized carbons (Fsp3) is 0.538. The Labute approximate surface area is 102 Å². The van der Waals surface area contributed by atoms with Gasteiger partial charge in [0.05, 0.1) is 12.6 Å². The lowest BCUT2D eigenvalue weighted by molar-refractivity contribution is -0.671. The molecular formula is C13H19N2O2+. The van der Waals surface area contributed by atoms with E-state index in [1.165, 1.54) is 0 Å². The van der Waals surface area contributed by atoms with Crippen molar-refractivity contribution in [3.63, 3.8) is 0 Å². The molecule has 0 aromatic carbocycles. The normalized spacial score (nSPS) is 19.6. The molecule has 2 rings (SSSR count). The van der Waals surface area contributed by atoms with E-state index in [0.717, 1.165) is 24.9 Å². The van der Waals surface area contributed by atoms with E-state index in [0.29, 0.717) is 6.61 Å². The van der Waals surface area contributed by atoms with Gasteiger partial charge in [-0.15, -0.1) is 0 Å². The fourth-order valence-electron chi connectivity index (χ4n) is 2.35. The summed E-state index contributed by atoms with van der Waals surface area (Å²) in [5, 5.41) is 0. The zero-order chi connectivity index (χ0) is 12.3. The van der Waals surface area contributed by atoms with E-state index in [1.54, 1.807) is 7.11 Å². The van der Waals surface area contributed by atoms with Gasteiger partial charge in [-0.3, -0.25) is 4.79 Å². The van der Waals surface area contributed by atoms with Crippen molar-refractivity contribution in [1.29, 1.82) is 0 Å². The number of aryl methyl sites for hydroxylation is 1. The molecule has 17 heavy (non-hydrogen) atoms. The highest BCUT2D eigenvalue weighted by atomic mass is 16.5. The number of carbonyl (C=O) groups excluding carboxylic acids is 1. The second-order valence-electron chi connectivity index (χ2n) is 4.51. The van der Waals surface area contributed by atoms with E-state index in [4.69, 9.17) is 4.74 Å². The van der Waals surface area contributed by atoms with E-state index >= 15 is 0 Å². The summed E-state index contributed by atoms with van der Waals surface area (Å²) < 4.78 is 7.06. The Balaban J connectivity index is 2.14. The number of methoxy groups -OCH3 is 1. The number of hydrogen-bond donors (Lipinski definition) is 0. The van der Waals surface area contributed by atoms with Crippen LogP contribution >= 0.6 is 0 Å². The molecule has 0 spiro atoms. The van der Waals surface area contributed by atoms with Crippen molar-refractivity contribution >= 4 is 5.91 Å². The van der Waals surface area contributed by atoms with Crippen molar-refractivity contribution in [3.05, 3.63) is 30.1 Å². The topological polar surface area (TPSA) is 33.4 Å². The molecule has 0 aliphatic carbocycles. The number of amides is 1. The van der Waals surface area contributed by atoms with Gasteiger partial charge in [0, 0.05) is 19.7 Å². The van der Waals surface area contributed by atoms with Gasteiger partial charge in [0.2, 0.25) is 0 Å². The Morgan fingerprint density at radius 2 is 2.47 bits per heavy atom. The first-order chi connectivity index (χ1) is 8.22. The average Bonchev–Trinajstić information content (AvgIpc) is 2.77. The Morgan fingerprint density at radius 1 is 1.65 bits per heavy atom. The maximum atomic E-state index is 12.3. The first-order valence-corrected chi connectivity index (χ1v) is 5.97. The zero-order valence-electron chi connectivity index (χ0n) is 10.4. The van der Waals surface area contributed by atoms with Gasteiger partial charge in [-0.25, -0.2) is 4.57 Å². The third kappa shape index (κ3) is 2.64. The van der Waals surface area contributed by atoms with Gasteiger partial charge in [0.15, 0.2) is 12.4 Å². The van der Waals surface area contributed by atoms with E-state index in [9.17, 15) is 4.79 Å². The van der Waals surface area contributed by atoms with Gasteiger partial charge in [-0.05, 0) is 18.9 Å². The summed E-state index contributed by atoms with van der Waals surface area (Å²) >= 11 is 0. The van der Waals surface area contributed by atoms with Crippen LogP contribution in [0.15, 0.2) is 24.5 Å². The molecule has 0 saturated carbocycles. The molecule has 0 N–H and O–H groups in total. The van der Waals surface area contributed by atoms with Crippen LogP contribution < -0.4 is 4.57 Å². The van der Waals surface area contributed by atoms with Crippen molar-refractivity contribution in [2.75, 3.05) is 20.3 Å². The minimum atomic E-state index is 0.112. The maximum absolute atomic E-state index is 12.3. The van der Waals surface area contributed by atoms with Crippen LogP contribution in [0.3, 0.4) is 0 Å². The smallest absolute Gasteiger partial charge is 0.260 e. The first-order valence-electron chi connectivity index (χ1n) is 5.97. The Bertz CT molecular complexity index is 406. The zero-order valence-corrected chi connectivity index (χ0v) is 10.4. The van der Waals surface area contributed by atoms with Crippen LogP contribution in [0.25, 0.3) is 0 Å². The molecular weight excluding hydrogens is 216 g/mol. The highest BCUT2D eigenvalue weighted by molar-refractivity contribution is 5.94. The van der Waals surface area contributed by atoms with E-state index in [2.05, 4.69) is 0 Å². The molecule has 1 atom stereocenters. The molecule has 1 fully saturated rings. The number of pyridine rings is 1. The predicted molar refractivity (Wildman–Crippen MR) is 63.6 cm³/mol. The highest BCUT2D eigenvalue weighted by Crippen LogP contribution is 2.19. The molecule has 1 aromatic heterocycles. The summed E-state index contributed by atoms with van der Waals surface area (Å²) in [6, 6.07) is 4.00. The maximum Gasteiger partial charge on any atom is 0.260 e. The Hall–Kier alpha value is -1.42. The van der Waals surface area contributed by atoms with Crippen LogP contribution in [0.2, 0.25) is 0 Å². The number of aromatic nitrogens is 1. The van der Waals surface area contributed by atoms with Crippen molar-refractivity contribution in [3.8, 4) is 0 Å². The molecule has 2 heterocycles. The summed E-state index contributed by atoms with van der Waals surface area (Å²) in [6.45, 7) is 1.47. The number of carbonyl (C=O) groups is 1. The lowest BCUT2D eigenvalue weighted by Gasteiger charge is -2.23. The number of hydrogen-bond acceptors (Lipinski definition) is 2. The molecule has 1 amide bonds. The second-order valence-corrected chi connectivity index (χ2v) is 4.51. The summed E-state index contributed by atoms with van der Waals surface area (Å²) in [5.41, 5.74) is 0.748. The summed E-state index contributed by atoms with van der Waals surface area (Å²) in [6.07, 6.45) is 5.90. The summed E-state index contributed by atoms with van der Waals surface area (Å²) in [5.74, 6) is 0.112. The van der Waals surface area contributed by atoms with Crippen molar-refractivity contribution in [1.82, 2.24) is 4.90 Å². The molecule has 1 aromatic rings. The predicted octanol–water partition coefficient (Wildman–Crippen LogP) is 0.762. The molecule has 0 radical (unpaired) electrons. The van der Waals surface area contributed by atoms with Gasteiger partial charge in [-0.1, -0.05) is 0 Å². The summed E-state index contributed by atoms with van der Waals surface area (Å²) in [4.78, 5) is 14.3. The fourth-order valence-corrected chi connectivity index (χ4v) is 2.35. The lowest BCUT2D eigenvalue weighted by Crippen LogP contribution is -2.39. The van der Waals surface area contributed by atoms with Crippen molar-refractivity contribution in [2.24, 2.45) is 7.05 Å². The van der Waals surface area contributed by atoms with Gasteiger partial charge < -0.3 is 9.64 Å². The number of nitrogens with zero attached hydrogens (tertiary/aromatic N) is 2. The molecule has 1 saturated heterocycles.